The van der Waals surface area contributed by atoms with Crippen molar-refractivity contribution in [2.24, 2.45) is 0 Å². The molecule has 60 heavy (non-hydrogen) atoms. The lowest BCUT2D eigenvalue weighted by Gasteiger charge is -2.28. The molecule has 2 saturated heterocycles. The van der Waals surface area contributed by atoms with E-state index in [0.717, 1.165) is 44.9 Å². The molecule has 0 bridgehead atoms. The van der Waals surface area contributed by atoms with Gasteiger partial charge in [0.1, 0.15) is 25.4 Å². The Morgan fingerprint density at radius 1 is 0.533 bits per heavy atom. The van der Waals surface area contributed by atoms with Gasteiger partial charge in [-0.1, -0.05) is 84.9 Å². The molecule has 8 rings (SSSR count). The molecule has 7 heteroatoms. The molecule has 0 aromatic heterocycles. The van der Waals surface area contributed by atoms with E-state index in [1.54, 1.807) is 0 Å². The molecule has 2 aliphatic rings. The van der Waals surface area contributed by atoms with Crippen LogP contribution in [0.5, 0.6) is 0 Å². The second kappa shape index (κ2) is 17.7. The van der Waals surface area contributed by atoms with Crippen molar-refractivity contribution >= 4 is 29.0 Å². The molecule has 2 heterocycles. The molecule has 0 aliphatic carbocycles. The number of carbonyl (C=O) groups is 2. The van der Waals surface area contributed by atoms with Gasteiger partial charge in [0.05, 0.1) is 26.1 Å². The summed E-state index contributed by atoms with van der Waals surface area (Å²) in [6, 6.07) is 43.4. The Labute approximate surface area is 353 Å². The standard InChI is InChI=1S/C53H53NO6/c1-33-7-13-44(23-35(33)3)53(41-14-9-39(10-15-41)27-51(55)59-31-47-29-57-47)49-21-16-42(24-37(49)5)43-17-22-50(38(6)25-43)54(46-18-8-34(2)36(4)26-46)45-19-11-40(12-20-45)28-52(56)60-32-48-30-58-48/h7-26,47-48,53H,27-32H2,1-6H3. The number of aryl methyl sites for hydroxylation is 6. The van der Waals surface area contributed by atoms with Crippen LogP contribution in [0.25, 0.3) is 11.1 Å². The molecule has 0 spiro atoms. The van der Waals surface area contributed by atoms with Crippen molar-refractivity contribution in [1.29, 1.82) is 0 Å². The predicted molar refractivity (Wildman–Crippen MR) is 238 cm³/mol. The maximum Gasteiger partial charge on any atom is 0.310 e. The summed E-state index contributed by atoms with van der Waals surface area (Å²) < 4.78 is 21.1. The Kier molecular flexibility index (Phi) is 12.0. The Morgan fingerprint density at radius 3 is 1.57 bits per heavy atom. The molecule has 0 amide bonds. The highest BCUT2D eigenvalue weighted by Crippen LogP contribution is 2.40. The summed E-state index contributed by atoms with van der Waals surface area (Å²) >= 11 is 0. The second-order valence-corrected chi connectivity index (χ2v) is 16.5. The molecule has 0 N–H and O–H groups in total. The lowest BCUT2D eigenvalue weighted by Crippen LogP contribution is -2.13. The second-order valence-electron chi connectivity index (χ2n) is 16.5. The van der Waals surface area contributed by atoms with E-state index in [9.17, 15) is 9.59 Å². The Balaban J connectivity index is 1.07. The van der Waals surface area contributed by atoms with Crippen LogP contribution >= 0.6 is 0 Å². The smallest absolute Gasteiger partial charge is 0.310 e. The van der Waals surface area contributed by atoms with Gasteiger partial charge in [-0.15, -0.1) is 0 Å². The van der Waals surface area contributed by atoms with Crippen molar-refractivity contribution in [3.63, 3.8) is 0 Å². The molecular weight excluding hydrogens is 747 g/mol. The summed E-state index contributed by atoms with van der Waals surface area (Å²) in [7, 11) is 0. The van der Waals surface area contributed by atoms with E-state index in [4.69, 9.17) is 18.9 Å². The van der Waals surface area contributed by atoms with E-state index in [1.807, 2.05) is 24.3 Å². The lowest BCUT2D eigenvalue weighted by molar-refractivity contribution is -0.144. The number of epoxide rings is 2. The number of ether oxygens (including phenoxy) is 4. The molecule has 2 fully saturated rings. The van der Waals surface area contributed by atoms with Gasteiger partial charge in [0.2, 0.25) is 0 Å². The maximum absolute atomic E-state index is 12.5. The predicted octanol–water partition coefficient (Wildman–Crippen LogP) is 10.8. The van der Waals surface area contributed by atoms with E-state index in [1.165, 1.54) is 44.5 Å². The number of rotatable bonds is 15. The van der Waals surface area contributed by atoms with E-state index >= 15 is 0 Å². The SMILES string of the molecule is Cc1ccc(C(c2ccc(CC(=O)OCC3CO3)cc2)c2ccc(-c3ccc(N(c4ccc(CC(=O)OCC5CO5)cc4)c4ccc(C)c(C)c4)c(C)c3)cc2C)cc1C. The fourth-order valence-corrected chi connectivity index (χ4v) is 7.78. The van der Waals surface area contributed by atoms with Crippen LogP contribution in [0.15, 0.2) is 121 Å². The normalized spacial score (nSPS) is 15.9. The first-order valence-corrected chi connectivity index (χ1v) is 20.9. The van der Waals surface area contributed by atoms with Crippen LogP contribution in [-0.4, -0.2) is 50.6 Å². The van der Waals surface area contributed by atoms with Crippen LogP contribution in [0.1, 0.15) is 67.1 Å². The topological polar surface area (TPSA) is 80.9 Å². The Morgan fingerprint density at radius 2 is 1.03 bits per heavy atom. The molecule has 0 radical (unpaired) electrons. The van der Waals surface area contributed by atoms with E-state index in [0.29, 0.717) is 26.4 Å². The maximum atomic E-state index is 12.5. The summed E-state index contributed by atoms with van der Waals surface area (Å²) in [5.74, 6) is -0.470. The van der Waals surface area contributed by atoms with Gasteiger partial charge >= 0.3 is 11.9 Å². The van der Waals surface area contributed by atoms with Gasteiger partial charge in [-0.25, -0.2) is 0 Å². The van der Waals surface area contributed by atoms with Gasteiger partial charge in [0.15, 0.2) is 0 Å². The molecule has 6 aromatic carbocycles. The highest BCUT2D eigenvalue weighted by atomic mass is 16.6. The average Bonchev–Trinajstić information content (AvgIpc) is 4.18. The monoisotopic (exact) mass is 799 g/mol. The minimum atomic E-state index is -0.246. The highest BCUT2D eigenvalue weighted by Gasteiger charge is 2.26. The third-order valence-corrected chi connectivity index (χ3v) is 11.8. The zero-order valence-corrected chi connectivity index (χ0v) is 35.4. The number of benzene rings is 6. The minimum absolute atomic E-state index is 0.0105. The van der Waals surface area contributed by atoms with Gasteiger partial charge in [-0.3, -0.25) is 9.59 Å². The summed E-state index contributed by atoms with van der Waals surface area (Å²) in [5.41, 5.74) is 18.2. The summed E-state index contributed by atoms with van der Waals surface area (Å²) in [4.78, 5) is 27.2. The zero-order valence-electron chi connectivity index (χ0n) is 35.4. The van der Waals surface area contributed by atoms with Crippen molar-refractivity contribution in [3.8, 4) is 11.1 Å². The van der Waals surface area contributed by atoms with Crippen molar-refractivity contribution in [3.05, 3.63) is 183 Å². The van der Waals surface area contributed by atoms with Crippen LogP contribution in [0.4, 0.5) is 17.1 Å². The molecule has 0 saturated carbocycles. The molecule has 3 unspecified atom stereocenters. The van der Waals surface area contributed by atoms with Crippen LogP contribution in [0.3, 0.4) is 0 Å². The van der Waals surface area contributed by atoms with Crippen molar-refractivity contribution in [2.45, 2.75) is 72.5 Å². The van der Waals surface area contributed by atoms with E-state index in [2.05, 4.69) is 144 Å². The number of hydrogen-bond acceptors (Lipinski definition) is 7. The lowest BCUT2D eigenvalue weighted by atomic mass is 9.81. The summed E-state index contributed by atoms with van der Waals surface area (Å²) in [6.07, 6.45) is 0.558. The largest absolute Gasteiger partial charge is 0.463 e. The summed E-state index contributed by atoms with van der Waals surface area (Å²) in [5, 5.41) is 0. The van der Waals surface area contributed by atoms with E-state index in [-0.39, 0.29) is 42.9 Å². The van der Waals surface area contributed by atoms with Gasteiger partial charge < -0.3 is 23.8 Å². The van der Waals surface area contributed by atoms with Crippen LogP contribution in [0, 0.1) is 41.5 Å². The fraction of sp³-hybridized carbons (Fsp3) is 0.283. The fourth-order valence-electron chi connectivity index (χ4n) is 7.78. The number of carbonyl (C=O) groups excluding carboxylic acids is 2. The minimum Gasteiger partial charge on any atom is -0.463 e. The van der Waals surface area contributed by atoms with Gasteiger partial charge in [-0.2, -0.15) is 0 Å². The first-order valence-electron chi connectivity index (χ1n) is 20.9. The Hall–Kier alpha value is -6.02. The molecule has 6 aromatic rings. The molecule has 2 aliphatic heterocycles. The average molecular weight is 800 g/mol. The molecular formula is C53H53NO6. The van der Waals surface area contributed by atoms with Crippen molar-refractivity contribution in [1.82, 2.24) is 0 Å². The van der Waals surface area contributed by atoms with Gasteiger partial charge in [0.25, 0.3) is 0 Å². The first kappa shape index (κ1) is 40.7. The van der Waals surface area contributed by atoms with Crippen LogP contribution in [0.2, 0.25) is 0 Å². The molecule has 306 valence electrons. The summed E-state index contributed by atoms with van der Waals surface area (Å²) in [6.45, 7) is 14.9. The molecule has 7 nitrogen and oxygen atoms in total. The quantitative estimate of drug-likeness (QED) is 0.0581. The third kappa shape index (κ3) is 9.71. The van der Waals surface area contributed by atoms with Crippen LogP contribution < -0.4 is 4.90 Å². The van der Waals surface area contributed by atoms with Crippen LogP contribution in [-0.2, 0) is 41.4 Å². The highest BCUT2D eigenvalue weighted by molar-refractivity contribution is 5.82. The third-order valence-electron chi connectivity index (χ3n) is 11.8. The Bertz CT molecular complexity index is 2340. The number of esters is 2. The van der Waals surface area contributed by atoms with Gasteiger partial charge in [0, 0.05) is 23.0 Å². The van der Waals surface area contributed by atoms with Crippen molar-refractivity contribution < 1.29 is 28.5 Å². The zero-order chi connectivity index (χ0) is 41.9. The van der Waals surface area contributed by atoms with E-state index < -0.39 is 0 Å². The first-order chi connectivity index (χ1) is 29.0. The van der Waals surface area contributed by atoms with Crippen molar-refractivity contribution in [2.75, 3.05) is 31.3 Å². The number of nitrogens with zero attached hydrogens (tertiary/aromatic N) is 1. The van der Waals surface area contributed by atoms with Gasteiger partial charge in [-0.05, 0) is 150 Å². The molecule has 3 atom stereocenters. The number of anilines is 3. The number of hydrogen-bond donors (Lipinski definition) is 0.